The standard InChI is InChI=1S/C15H13ClF3NO4S/c16-13-4-3-11(25-13)10(21)8-24-14(23)9-2-1-6-20(9)7-5-12(22)15(17,18)19/h3-5,7,9H,1-2,6,8H2/b7-5+. The average Bonchev–Trinajstić information content (AvgIpc) is 3.17. The number of likely N-dealkylation sites (tertiary alicyclic amines) is 1. The van der Waals surface area contributed by atoms with Gasteiger partial charge in [-0.1, -0.05) is 11.6 Å². The Hall–Kier alpha value is -1.87. The van der Waals surface area contributed by atoms with E-state index in [4.69, 9.17) is 16.3 Å². The number of ketones is 2. The molecule has 1 aliphatic heterocycles. The molecule has 0 saturated carbocycles. The fourth-order valence-electron chi connectivity index (χ4n) is 2.25. The Kier molecular flexibility index (Phi) is 6.23. The summed E-state index contributed by atoms with van der Waals surface area (Å²) in [6.45, 7) is -0.166. The zero-order chi connectivity index (χ0) is 18.6. The van der Waals surface area contributed by atoms with Crippen molar-refractivity contribution in [2.75, 3.05) is 13.2 Å². The predicted octanol–water partition coefficient (Wildman–Crippen LogP) is 3.24. The molecule has 1 aliphatic rings. The molecule has 1 aromatic heterocycles. The van der Waals surface area contributed by atoms with Gasteiger partial charge in [0.1, 0.15) is 6.04 Å². The van der Waals surface area contributed by atoms with Crippen molar-refractivity contribution >= 4 is 40.5 Å². The Balaban J connectivity index is 1.90. The molecule has 136 valence electrons. The minimum Gasteiger partial charge on any atom is -0.456 e. The second kappa shape index (κ2) is 8.01. The highest BCUT2D eigenvalue weighted by atomic mass is 35.5. The van der Waals surface area contributed by atoms with Crippen molar-refractivity contribution in [3.05, 3.63) is 33.6 Å². The molecule has 0 amide bonds. The summed E-state index contributed by atoms with van der Waals surface area (Å²) in [6.07, 6.45) is -2.72. The lowest BCUT2D eigenvalue weighted by Gasteiger charge is -2.20. The Bertz CT molecular complexity index is 701. The van der Waals surface area contributed by atoms with Gasteiger partial charge in [-0.05, 0) is 25.0 Å². The van der Waals surface area contributed by atoms with Gasteiger partial charge in [-0.2, -0.15) is 13.2 Å². The molecule has 0 radical (unpaired) electrons. The first-order chi connectivity index (χ1) is 11.7. The van der Waals surface area contributed by atoms with Crippen LogP contribution in [0.1, 0.15) is 22.5 Å². The largest absolute Gasteiger partial charge is 0.456 e. The van der Waals surface area contributed by atoms with E-state index in [0.29, 0.717) is 34.7 Å². The number of thiophene rings is 1. The quantitative estimate of drug-likeness (QED) is 0.420. The molecule has 0 bridgehead atoms. The lowest BCUT2D eigenvalue weighted by atomic mass is 10.2. The Morgan fingerprint density at radius 3 is 2.68 bits per heavy atom. The van der Waals surface area contributed by atoms with Crippen LogP contribution in [0.15, 0.2) is 24.4 Å². The molecule has 1 saturated heterocycles. The Morgan fingerprint density at radius 1 is 1.36 bits per heavy atom. The van der Waals surface area contributed by atoms with Crippen molar-refractivity contribution in [3.8, 4) is 0 Å². The van der Waals surface area contributed by atoms with Crippen molar-refractivity contribution in [2.45, 2.75) is 25.1 Å². The summed E-state index contributed by atoms with van der Waals surface area (Å²) in [6, 6.07) is 2.23. The van der Waals surface area contributed by atoms with Crippen LogP contribution in [0, 0.1) is 0 Å². The molecular weight excluding hydrogens is 383 g/mol. The van der Waals surface area contributed by atoms with Gasteiger partial charge < -0.3 is 9.64 Å². The average molecular weight is 396 g/mol. The van der Waals surface area contributed by atoms with Crippen molar-refractivity contribution in [3.63, 3.8) is 0 Å². The smallest absolute Gasteiger partial charge is 0.454 e. The van der Waals surface area contributed by atoms with Gasteiger partial charge in [-0.15, -0.1) is 11.3 Å². The van der Waals surface area contributed by atoms with Crippen molar-refractivity contribution < 1.29 is 32.3 Å². The molecular formula is C15H13ClF3NO4S. The molecule has 2 rings (SSSR count). The summed E-state index contributed by atoms with van der Waals surface area (Å²) in [7, 11) is 0. The molecule has 0 N–H and O–H groups in total. The van der Waals surface area contributed by atoms with Crippen LogP contribution in [0.25, 0.3) is 0 Å². The van der Waals surface area contributed by atoms with E-state index in [9.17, 15) is 27.6 Å². The lowest BCUT2D eigenvalue weighted by Crippen LogP contribution is -2.35. The van der Waals surface area contributed by atoms with Gasteiger partial charge in [0.2, 0.25) is 5.78 Å². The summed E-state index contributed by atoms with van der Waals surface area (Å²) < 4.78 is 42.0. The van der Waals surface area contributed by atoms with Gasteiger partial charge in [-0.3, -0.25) is 9.59 Å². The number of esters is 1. The monoisotopic (exact) mass is 395 g/mol. The van der Waals surface area contributed by atoms with E-state index >= 15 is 0 Å². The van der Waals surface area contributed by atoms with Crippen molar-refractivity contribution in [2.24, 2.45) is 0 Å². The summed E-state index contributed by atoms with van der Waals surface area (Å²) in [5.41, 5.74) is 0. The molecule has 25 heavy (non-hydrogen) atoms. The highest BCUT2D eigenvalue weighted by molar-refractivity contribution is 7.18. The highest BCUT2D eigenvalue weighted by Gasteiger charge is 2.37. The van der Waals surface area contributed by atoms with E-state index in [1.165, 1.54) is 11.0 Å². The van der Waals surface area contributed by atoms with Crippen LogP contribution in [-0.4, -0.2) is 47.8 Å². The van der Waals surface area contributed by atoms with E-state index in [1.807, 2.05) is 0 Å². The summed E-state index contributed by atoms with van der Waals surface area (Å²) in [5.74, 6) is -3.15. The van der Waals surface area contributed by atoms with Crippen molar-refractivity contribution in [1.82, 2.24) is 4.90 Å². The number of hydrogen-bond acceptors (Lipinski definition) is 6. The second-order valence-electron chi connectivity index (χ2n) is 5.21. The van der Waals surface area contributed by atoms with Crippen LogP contribution in [0.4, 0.5) is 13.2 Å². The number of rotatable bonds is 6. The number of carbonyl (C=O) groups excluding carboxylic acids is 3. The van der Waals surface area contributed by atoms with Gasteiger partial charge in [0, 0.05) is 18.8 Å². The molecule has 1 atom stereocenters. The van der Waals surface area contributed by atoms with E-state index in [2.05, 4.69) is 0 Å². The van der Waals surface area contributed by atoms with E-state index in [1.54, 1.807) is 6.07 Å². The number of nitrogens with zero attached hydrogens (tertiary/aromatic N) is 1. The third-order valence-electron chi connectivity index (χ3n) is 3.46. The fraction of sp³-hybridized carbons (Fsp3) is 0.400. The zero-order valence-corrected chi connectivity index (χ0v) is 14.3. The highest BCUT2D eigenvalue weighted by Crippen LogP contribution is 2.23. The van der Waals surface area contributed by atoms with Gasteiger partial charge in [0.25, 0.3) is 5.78 Å². The maximum Gasteiger partial charge on any atom is 0.454 e. The van der Waals surface area contributed by atoms with Gasteiger partial charge in [-0.25, -0.2) is 4.79 Å². The molecule has 0 aliphatic carbocycles. The molecule has 10 heteroatoms. The van der Waals surface area contributed by atoms with E-state index in [0.717, 1.165) is 17.5 Å². The van der Waals surface area contributed by atoms with Crippen LogP contribution in [0.3, 0.4) is 0 Å². The summed E-state index contributed by atoms with van der Waals surface area (Å²) in [4.78, 5) is 36.4. The number of ether oxygens (including phenoxy) is 1. The van der Waals surface area contributed by atoms with Gasteiger partial charge >= 0.3 is 12.1 Å². The van der Waals surface area contributed by atoms with E-state index in [-0.39, 0.29) is 0 Å². The van der Waals surface area contributed by atoms with Crippen LogP contribution in [0.5, 0.6) is 0 Å². The number of halogens is 4. The molecule has 5 nitrogen and oxygen atoms in total. The number of carbonyl (C=O) groups is 3. The Morgan fingerprint density at radius 2 is 2.08 bits per heavy atom. The maximum atomic E-state index is 12.2. The first kappa shape index (κ1) is 19.5. The van der Waals surface area contributed by atoms with Gasteiger partial charge in [0.15, 0.2) is 6.61 Å². The Labute approximate surface area is 150 Å². The first-order valence-corrected chi connectivity index (χ1v) is 8.38. The molecule has 0 spiro atoms. The summed E-state index contributed by atoms with van der Waals surface area (Å²) >= 11 is 6.77. The predicted molar refractivity (Wildman–Crippen MR) is 84.5 cm³/mol. The third kappa shape index (κ3) is 5.30. The maximum absolute atomic E-state index is 12.2. The first-order valence-electron chi connectivity index (χ1n) is 7.19. The molecule has 1 unspecified atom stereocenters. The van der Waals surface area contributed by atoms with Crippen LogP contribution < -0.4 is 0 Å². The SMILES string of the molecule is O=C(COC(=O)C1CCCN1/C=C/C(=O)C(F)(F)F)c1ccc(Cl)s1. The number of hydrogen-bond donors (Lipinski definition) is 0. The van der Waals surface area contributed by atoms with Gasteiger partial charge in [0.05, 0.1) is 9.21 Å². The number of allylic oxidation sites excluding steroid dienone is 1. The number of Topliss-reactive ketones (excluding diaryl/α,β-unsaturated/α-hetero) is 1. The molecule has 1 fully saturated rings. The topological polar surface area (TPSA) is 63.7 Å². The van der Waals surface area contributed by atoms with Crippen LogP contribution in [-0.2, 0) is 14.3 Å². The zero-order valence-electron chi connectivity index (χ0n) is 12.7. The minimum atomic E-state index is -4.96. The lowest BCUT2D eigenvalue weighted by molar-refractivity contribution is -0.165. The normalized spacial score (nSPS) is 17.9. The summed E-state index contributed by atoms with van der Waals surface area (Å²) in [5, 5.41) is 0. The van der Waals surface area contributed by atoms with Crippen LogP contribution in [0.2, 0.25) is 4.34 Å². The fourth-order valence-corrected chi connectivity index (χ4v) is 3.21. The molecule has 1 aromatic rings. The molecule has 0 aromatic carbocycles. The minimum absolute atomic E-state index is 0.315. The van der Waals surface area contributed by atoms with Crippen molar-refractivity contribution in [1.29, 1.82) is 0 Å². The third-order valence-corrected chi connectivity index (χ3v) is 4.73. The number of alkyl halides is 3. The van der Waals surface area contributed by atoms with Crippen LogP contribution >= 0.6 is 22.9 Å². The van der Waals surface area contributed by atoms with E-state index < -0.39 is 36.4 Å². The second-order valence-corrected chi connectivity index (χ2v) is 6.92. The molecule has 2 heterocycles.